The lowest BCUT2D eigenvalue weighted by Gasteiger charge is -2.13. The standard InChI is InChI=1S/C16H25NO2/c1-4-9-18-10-11-19-16-8-6-5-7-15(16)13-17-12-14(2)3/h4-8,14,17H,1,9-13H2,2-3H3. The van der Waals surface area contributed by atoms with E-state index in [-0.39, 0.29) is 0 Å². The SMILES string of the molecule is C=CCOCCOc1ccccc1CNCC(C)C. The first kappa shape index (κ1) is 15.7. The van der Waals surface area contributed by atoms with Crippen molar-refractivity contribution in [1.82, 2.24) is 5.32 Å². The summed E-state index contributed by atoms with van der Waals surface area (Å²) in [5.74, 6) is 1.58. The summed E-state index contributed by atoms with van der Waals surface area (Å²) in [5.41, 5.74) is 1.19. The van der Waals surface area contributed by atoms with Crippen molar-refractivity contribution in [3.8, 4) is 5.75 Å². The van der Waals surface area contributed by atoms with Crippen LogP contribution >= 0.6 is 0 Å². The molecular weight excluding hydrogens is 238 g/mol. The third-order valence-corrected chi connectivity index (χ3v) is 2.56. The highest BCUT2D eigenvalue weighted by Gasteiger charge is 2.03. The van der Waals surface area contributed by atoms with Crippen molar-refractivity contribution in [2.45, 2.75) is 20.4 Å². The van der Waals surface area contributed by atoms with E-state index < -0.39 is 0 Å². The number of hydrogen-bond donors (Lipinski definition) is 1. The molecule has 1 N–H and O–H groups in total. The number of hydrogen-bond acceptors (Lipinski definition) is 3. The molecule has 0 aliphatic heterocycles. The lowest BCUT2D eigenvalue weighted by molar-refractivity contribution is 0.120. The molecule has 0 fully saturated rings. The quantitative estimate of drug-likeness (QED) is 0.520. The molecule has 0 spiro atoms. The number of benzene rings is 1. The van der Waals surface area contributed by atoms with Gasteiger partial charge in [-0.3, -0.25) is 0 Å². The fourth-order valence-corrected chi connectivity index (χ4v) is 1.66. The first-order chi connectivity index (χ1) is 9.24. The molecule has 0 atom stereocenters. The van der Waals surface area contributed by atoms with Crippen LogP contribution in [-0.2, 0) is 11.3 Å². The van der Waals surface area contributed by atoms with Crippen LogP contribution < -0.4 is 10.1 Å². The molecule has 0 aromatic heterocycles. The monoisotopic (exact) mass is 263 g/mol. The van der Waals surface area contributed by atoms with Gasteiger partial charge in [0.2, 0.25) is 0 Å². The van der Waals surface area contributed by atoms with E-state index >= 15 is 0 Å². The zero-order valence-electron chi connectivity index (χ0n) is 12.0. The van der Waals surface area contributed by atoms with Gasteiger partial charge in [-0.1, -0.05) is 38.1 Å². The predicted molar refractivity (Wildman–Crippen MR) is 79.5 cm³/mol. The topological polar surface area (TPSA) is 30.5 Å². The van der Waals surface area contributed by atoms with Crippen molar-refractivity contribution >= 4 is 0 Å². The van der Waals surface area contributed by atoms with E-state index in [1.807, 2.05) is 18.2 Å². The lowest BCUT2D eigenvalue weighted by Crippen LogP contribution is -2.19. The van der Waals surface area contributed by atoms with Gasteiger partial charge in [-0.2, -0.15) is 0 Å². The maximum atomic E-state index is 5.74. The Morgan fingerprint density at radius 2 is 2.05 bits per heavy atom. The number of ether oxygens (including phenoxy) is 2. The van der Waals surface area contributed by atoms with Gasteiger partial charge in [-0.05, 0) is 18.5 Å². The minimum Gasteiger partial charge on any atom is -0.491 e. The van der Waals surface area contributed by atoms with Gasteiger partial charge in [0.05, 0.1) is 13.2 Å². The molecular formula is C16H25NO2. The normalized spacial score (nSPS) is 10.7. The van der Waals surface area contributed by atoms with Crippen LogP contribution in [0, 0.1) is 5.92 Å². The van der Waals surface area contributed by atoms with Gasteiger partial charge in [-0.25, -0.2) is 0 Å². The molecule has 1 rings (SSSR count). The van der Waals surface area contributed by atoms with E-state index in [0.717, 1.165) is 18.8 Å². The number of nitrogens with one attached hydrogen (secondary N) is 1. The highest BCUT2D eigenvalue weighted by molar-refractivity contribution is 5.33. The van der Waals surface area contributed by atoms with Gasteiger partial charge < -0.3 is 14.8 Å². The average Bonchev–Trinajstić information content (AvgIpc) is 2.40. The fourth-order valence-electron chi connectivity index (χ4n) is 1.66. The molecule has 19 heavy (non-hydrogen) atoms. The van der Waals surface area contributed by atoms with Crippen LogP contribution in [-0.4, -0.2) is 26.4 Å². The van der Waals surface area contributed by atoms with E-state index in [4.69, 9.17) is 9.47 Å². The summed E-state index contributed by atoms with van der Waals surface area (Å²) in [5, 5.41) is 3.43. The first-order valence-electron chi connectivity index (χ1n) is 6.84. The largest absolute Gasteiger partial charge is 0.491 e. The van der Waals surface area contributed by atoms with E-state index in [1.54, 1.807) is 6.08 Å². The summed E-state index contributed by atoms with van der Waals surface area (Å²) in [6.45, 7) is 11.6. The van der Waals surface area contributed by atoms with Crippen LogP contribution in [0.3, 0.4) is 0 Å². The van der Waals surface area contributed by atoms with E-state index in [1.165, 1.54) is 5.56 Å². The van der Waals surface area contributed by atoms with Crippen molar-refractivity contribution in [2.24, 2.45) is 5.92 Å². The van der Waals surface area contributed by atoms with Crippen LogP contribution in [0.5, 0.6) is 5.75 Å². The second-order valence-corrected chi connectivity index (χ2v) is 4.84. The molecule has 3 heteroatoms. The first-order valence-corrected chi connectivity index (χ1v) is 6.84. The Hall–Kier alpha value is -1.32. The summed E-state index contributed by atoms with van der Waals surface area (Å²) in [7, 11) is 0. The van der Waals surface area contributed by atoms with Crippen LogP contribution in [0.25, 0.3) is 0 Å². The van der Waals surface area contributed by atoms with Crippen LogP contribution in [0.1, 0.15) is 19.4 Å². The summed E-state index contributed by atoms with van der Waals surface area (Å²) in [6, 6.07) is 8.12. The second-order valence-electron chi connectivity index (χ2n) is 4.84. The van der Waals surface area contributed by atoms with Crippen molar-refractivity contribution in [1.29, 1.82) is 0 Å². The van der Waals surface area contributed by atoms with Crippen molar-refractivity contribution in [2.75, 3.05) is 26.4 Å². The van der Waals surface area contributed by atoms with E-state index in [2.05, 4.69) is 31.8 Å². The zero-order valence-corrected chi connectivity index (χ0v) is 12.0. The number of para-hydroxylation sites is 1. The van der Waals surface area contributed by atoms with Crippen LogP contribution in [0.15, 0.2) is 36.9 Å². The summed E-state index contributed by atoms with van der Waals surface area (Å²) >= 11 is 0. The molecule has 1 aromatic carbocycles. The molecule has 106 valence electrons. The molecule has 0 heterocycles. The molecule has 0 radical (unpaired) electrons. The Kier molecular flexibility index (Phi) is 7.94. The predicted octanol–water partition coefficient (Wildman–Crippen LogP) is 3.01. The Bertz CT molecular complexity index is 364. The molecule has 3 nitrogen and oxygen atoms in total. The van der Waals surface area contributed by atoms with E-state index in [9.17, 15) is 0 Å². The van der Waals surface area contributed by atoms with Gasteiger partial charge >= 0.3 is 0 Å². The van der Waals surface area contributed by atoms with Crippen molar-refractivity contribution in [3.05, 3.63) is 42.5 Å². The Morgan fingerprint density at radius 3 is 2.79 bits per heavy atom. The van der Waals surface area contributed by atoms with Gasteiger partial charge in [0.25, 0.3) is 0 Å². The zero-order chi connectivity index (χ0) is 13.9. The second kappa shape index (κ2) is 9.59. The fraction of sp³-hybridized carbons (Fsp3) is 0.500. The highest BCUT2D eigenvalue weighted by Crippen LogP contribution is 2.17. The smallest absolute Gasteiger partial charge is 0.123 e. The van der Waals surface area contributed by atoms with Crippen molar-refractivity contribution in [3.63, 3.8) is 0 Å². The maximum absolute atomic E-state index is 5.74. The Balaban J connectivity index is 2.37. The average molecular weight is 263 g/mol. The van der Waals surface area contributed by atoms with Gasteiger partial charge in [-0.15, -0.1) is 6.58 Å². The lowest BCUT2D eigenvalue weighted by atomic mass is 10.2. The highest BCUT2D eigenvalue weighted by atomic mass is 16.5. The molecule has 0 aliphatic carbocycles. The molecule has 0 bridgehead atoms. The number of rotatable bonds is 10. The molecule has 0 amide bonds. The van der Waals surface area contributed by atoms with E-state index in [0.29, 0.717) is 25.7 Å². The van der Waals surface area contributed by atoms with Gasteiger partial charge in [0.1, 0.15) is 12.4 Å². The third kappa shape index (κ3) is 6.99. The minimum absolute atomic E-state index is 0.565. The maximum Gasteiger partial charge on any atom is 0.123 e. The van der Waals surface area contributed by atoms with Gasteiger partial charge in [0.15, 0.2) is 0 Å². The minimum atomic E-state index is 0.565. The summed E-state index contributed by atoms with van der Waals surface area (Å²) in [4.78, 5) is 0. The molecule has 0 aliphatic rings. The third-order valence-electron chi connectivity index (χ3n) is 2.56. The molecule has 0 saturated carbocycles. The molecule has 0 unspecified atom stereocenters. The summed E-state index contributed by atoms with van der Waals surface area (Å²) in [6.07, 6.45) is 1.74. The Labute approximate surface area is 116 Å². The van der Waals surface area contributed by atoms with Crippen LogP contribution in [0.2, 0.25) is 0 Å². The van der Waals surface area contributed by atoms with Crippen LogP contribution in [0.4, 0.5) is 0 Å². The molecule has 1 aromatic rings. The summed E-state index contributed by atoms with van der Waals surface area (Å²) < 4.78 is 11.0. The Morgan fingerprint density at radius 1 is 1.26 bits per heavy atom. The van der Waals surface area contributed by atoms with Crippen molar-refractivity contribution < 1.29 is 9.47 Å². The van der Waals surface area contributed by atoms with Gasteiger partial charge in [0, 0.05) is 12.1 Å². The molecule has 0 saturated heterocycles.